The normalized spacial score (nSPS) is 12.2. The van der Waals surface area contributed by atoms with Gasteiger partial charge in [0.1, 0.15) is 6.61 Å². The quantitative estimate of drug-likeness (QED) is 0.610. The molecule has 1 amide bonds. The first-order chi connectivity index (χ1) is 13.0. The lowest BCUT2D eigenvalue weighted by Crippen LogP contribution is -2.32. The lowest BCUT2D eigenvalue weighted by Gasteiger charge is -2.15. The van der Waals surface area contributed by atoms with Crippen LogP contribution in [0.1, 0.15) is 15.9 Å². The zero-order chi connectivity index (χ0) is 20.9. The molecule has 0 heterocycles. The highest BCUT2D eigenvalue weighted by Gasteiger charge is 2.40. The van der Waals surface area contributed by atoms with Crippen LogP contribution in [0.25, 0.3) is 0 Å². The van der Waals surface area contributed by atoms with Crippen molar-refractivity contribution in [2.75, 3.05) is 11.3 Å². The molecule has 0 aliphatic carbocycles. The topological polar surface area (TPSA) is 98.5 Å². The molecule has 28 heavy (non-hydrogen) atoms. The molecule has 6 nitrogen and oxygen atoms in total. The van der Waals surface area contributed by atoms with E-state index in [1.54, 1.807) is 0 Å². The number of primary amides is 1. The van der Waals surface area contributed by atoms with E-state index < -0.39 is 41.5 Å². The number of ether oxygens (including phenoxy) is 1. The molecule has 0 saturated heterocycles. The molecule has 0 atom stereocenters. The Hall–Kier alpha value is -2.66. The number of hydrogen-bond acceptors (Lipinski definition) is 4. The minimum Gasteiger partial charge on any atom is -0.370 e. The smallest absolute Gasteiger partial charge is 0.330 e. The van der Waals surface area contributed by atoms with Crippen LogP contribution in [0, 0.1) is 0 Å². The van der Waals surface area contributed by atoms with Crippen molar-refractivity contribution in [2.24, 2.45) is 5.73 Å². The maximum Gasteiger partial charge on any atom is 0.330 e. The van der Waals surface area contributed by atoms with Gasteiger partial charge in [0, 0.05) is 11.3 Å². The second-order valence-electron chi connectivity index (χ2n) is 5.75. The van der Waals surface area contributed by atoms with E-state index in [-0.39, 0.29) is 21.7 Å². The van der Waals surface area contributed by atoms with E-state index in [9.17, 15) is 30.8 Å². The third kappa shape index (κ3) is 5.67. The van der Waals surface area contributed by atoms with Gasteiger partial charge in [-0.15, -0.1) is 0 Å². The third-order valence-electron chi connectivity index (χ3n) is 3.49. The van der Waals surface area contributed by atoms with Crippen LogP contribution in [0.5, 0.6) is 0 Å². The molecule has 0 unspecified atom stereocenters. The highest BCUT2D eigenvalue weighted by Crippen LogP contribution is 2.24. The molecule has 0 radical (unpaired) electrons. The monoisotopic (exact) mass is 420 g/mol. The molecular formula is C17H16F4N2O4S. The maximum atomic E-state index is 12.8. The van der Waals surface area contributed by atoms with Gasteiger partial charge in [-0.05, 0) is 35.9 Å². The van der Waals surface area contributed by atoms with Gasteiger partial charge in [0.15, 0.2) is 0 Å². The van der Waals surface area contributed by atoms with Crippen molar-refractivity contribution in [1.82, 2.24) is 0 Å². The van der Waals surface area contributed by atoms with Crippen LogP contribution < -0.4 is 10.5 Å². The Kier molecular flexibility index (Phi) is 6.62. The molecule has 2 aromatic rings. The lowest BCUT2D eigenvalue weighted by atomic mass is 10.2. The van der Waals surface area contributed by atoms with Crippen molar-refractivity contribution < 1.29 is 35.5 Å². The molecule has 0 spiro atoms. The molecule has 0 bridgehead atoms. The van der Waals surface area contributed by atoms with Crippen molar-refractivity contribution in [3.63, 3.8) is 0 Å². The van der Waals surface area contributed by atoms with Crippen LogP contribution in [-0.4, -0.2) is 33.3 Å². The number of halogens is 4. The van der Waals surface area contributed by atoms with Gasteiger partial charge in [-0.25, -0.2) is 17.2 Å². The zero-order valence-electron chi connectivity index (χ0n) is 14.2. The first-order valence-electron chi connectivity index (χ1n) is 7.76. The Morgan fingerprint density at radius 2 is 1.82 bits per heavy atom. The predicted molar refractivity (Wildman–Crippen MR) is 92.8 cm³/mol. The number of sulfonamides is 1. The maximum absolute atomic E-state index is 12.8. The summed E-state index contributed by atoms with van der Waals surface area (Å²) in [5.74, 6) is -5.07. The van der Waals surface area contributed by atoms with Gasteiger partial charge in [0.05, 0.1) is 11.5 Å². The fourth-order valence-corrected chi connectivity index (χ4v) is 3.22. The number of alkyl halides is 4. The number of nitrogens with one attached hydrogen (secondary N) is 1. The van der Waals surface area contributed by atoms with Gasteiger partial charge in [-0.1, -0.05) is 18.2 Å². The SMILES string of the molecule is NC(=O)c1cccc(S(=O)(=O)Nc2cccc(COCC(F)(F)C(F)F)c2)c1. The lowest BCUT2D eigenvalue weighted by molar-refractivity contribution is -0.168. The molecule has 0 aliphatic rings. The number of nitrogens with two attached hydrogens (primary N) is 1. The minimum absolute atomic E-state index is 0.00461. The van der Waals surface area contributed by atoms with Gasteiger partial charge < -0.3 is 10.5 Å². The van der Waals surface area contributed by atoms with Crippen LogP contribution in [0.4, 0.5) is 23.2 Å². The summed E-state index contributed by atoms with van der Waals surface area (Å²) in [6.07, 6.45) is -3.85. The molecule has 0 aliphatic heterocycles. The number of amides is 1. The van der Waals surface area contributed by atoms with Gasteiger partial charge in [-0.3, -0.25) is 9.52 Å². The molecule has 2 rings (SSSR count). The summed E-state index contributed by atoms with van der Waals surface area (Å²) in [5, 5.41) is 0. The van der Waals surface area contributed by atoms with Crippen LogP contribution in [0.3, 0.4) is 0 Å². The Morgan fingerprint density at radius 1 is 1.14 bits per heavy atom. The highest BCUT2D eigenvalue weighted by atomic mass is 32.2. The number of carbonyl (C=O) groups excluding carboxylic acids is 1. The van der Waals surface area contributed by atoms with E-state index >= 15 is 0 Å². The van der Waals surface area contributed by atoms with E-state index in [1.165, 1.54) is 42.5 Å². The summed E-state index contributed by atoms with van der Waals surface area (Å²) < 4.78 is 81.6. The highest BCUT2D eigenvalue weighted by molar-refractivity contribution is 7.92. The van der Waals surface area contributed by atoms with Gasteiger partial charge in [0.2, 0.25) is 5.91 Å². The molecular weight excluding hydrogens is 404 g/mol. The summed E-state index contributed by atoms with van der Waals surface area (Å²) in [6, 6.07) is 10.6. The fourth-order valence-electron chi connectivity index (χ4n) is 2.12. The molecule has 0 aromatic heterocycles. The number of anilines is 1. The number of rotatable bonds is 9. The Balaban J connectivity index is 2.09. The van der Waals surface area contributed by atoms with Gasteiger partial charge >= 0.3 is 12.3 Å². The van der Waals surface area contributed by atoms with E-state index in [2.05, 4.69) is 9.46 Å². The average molecular weight is 420 g/mol. The van der Waals surface area contributed by atoms with Crippen molar-refractivity contribution in [1.29, 1.82) is 0 Å². The molecule has 2 aromatic carbocycles. The van der Waals surface area contributed by atoms with Crippen LogP contribution in [0.2, 0.25) is 0 Å². The summed E-state index contributed by atoms with van der Waals surface area (Å²) in [6.45, 7) is -1.89. The van der Waals surface area contributed by atoms with Gasteiger partial charge in [-0.2, -0.15) is 8.78 Å². The first kappa shape index (κ1) is 21.6. The van der Waals surface area contributed by atoms with Crippen molar-refractivity contribution in [3.8, 4) is 0 Å². The summed E-state index contributed by atoms with van der Waals surface area (Å²) >= 11 is 0. The molecule has 11 heteroatoms. The Morgan fingerprint density at radius 3 is 2.46 bits per heavy atom. The second kappa shape index (κ2) is 8.57. The van der Waals surface area contributed by atoms with Crippen LogP contribution in [-0.2, 0) is 21.4 Å². The van der Waals surface area contributed by atoms with Gasteiger partial charge in [0.25, 0.3) is 10.0 Å². The summed E-state index contributed by atoms with van der Waals surface area (Å²) in [5.41, 5.74) is 5.51. The summed E-state index contributed by atoms with van der Waals surface area (Å²) in [4.78, 5) is 11.0. The van der Waals surface area contributed by atoms with Crippen molar-refractivity contribution in [2.45, 2.75) is 23.9 Å². The number of hydrogen-bond donors (Lipinski definition) is 2. The second-order valence-corrected chi connectivity index (χ2v) is 7.43. The number of carbonyl (C=O) groups is 1. The van der Waals surface area contributed by atoms with Crippen molar-refractivity contribution in [3.05, 3.63) is 59.7 Å². The van der Waals surface area contributed by atoms with Crippen LogP contribution >= 0.6 is 0 Å². The average Bonchev–Trinajstić information content (AvgIpc) is 2.61. The van der Waals surface area contributed by atoms with Crippen molar-refractivity contribution >= 4 is 21.6 Å². The number of benzene rings is 2. The molecule has 152 valence electrons. The molecule has 3 N–H and O–H groups in total. The standard InChI is InChI=1S/C17H16F4N2O4S/c18-16(19)17(20,21)10-27-9-11-3-1-5-13(7-11)23-28(25,26)14-6-2-4-12(8-14)15(22)24/h1-8,16,23H,9-10H2,(H2,22,24). The minimum atomic E-state index is -4.27. The first-order valence-corrected chi connectivity index (χ1v) is 9.25. The van der Waals surface area contributed by atoms with Crippen LogP contribution in [0.15, 0.2) is 53.4 Å². The predicted octanol–water partition coefficient (Wildman–Crippen LogP) is 3.00. The molecule has 0 saturated carbocycles. The Labute approximate surface area is 158 Å². The third-order valence-corrected chi connectivity index (χ3v) is 4.87. The van der Waals surface area contributed by atoms with E-state index in [1.807, 2.05) is 0 Å². The Bertz CT molecular complexity index is 952. The largest absolute Gasteiger partial charge is 0.370 e. The van der Waals surface area contributed by atoms with E-state index in [0.29, 0.717) is 0 Å². The summed E-state index contributed by atoms with van der Waals surface area (Å²) in [7, 11) is -4.06. The molecule has 0 fully saturated rings. The van der Waals surface area contributed by atoms with E-state index in [0.717, 1.165) is 6.07 Å². The zero-order valence-corrected chi connectivity index (χ0v) is 15.1. The van der Waals surface area contributed by atoms with E-state index in [4.69, 9.17) is 5.73 Å². The fraction of sp³-hybridized carbons (Fsp3) is 0.235.